The van der Waals surface area contributed by atoms with Crippen molar-refractivity contribution < 1.29 is 4.57 Å². The van der Waals surface area contributed by atoms with Crippen LogP contribution in [0.15, 0.2) is 49.2 Å². The average molecular weight is 375 g/mol. The van der Waals surface area contributed by atoms with Crippen LogP contribution in [-0.4, -0.2) is 0 Å². The first kappa shape index (κ1) is 19.4. The summed E-state index contributed by atoms with van der Waals surface area (Å²) in [5.74, 6) is 0. The Bertz CT molecular complexity index is 964. The van der Waals surface area contributed by atoms with Gasteiger partial charge in [0.2, 0.25) is 5.69 Å². The molecule has 1 aromatic heterocycles. The van der Waals surface area contributed by atoms with Gasteiger partial charge in [-0.3, -0.25) is 0 Å². The van der Waals surface area contributed by atoms with E-state index in [0.717, 1.165) is 12.8 Å². The molecule has 2 atom stereocenters. The molecular weight excluding hydrogens is 338 g/mol. The summed E-state index contributed by atoms with van der Waals surface area (Å²) < 4.78 is 2.51. The van der Waals surface area contributed by atoms with E-state index in [-0.39, 0.29) is 21.8 Å². The van der Waals surface area contributed by atoms with Gasteiger partial charge in [-0.25, -0.2) is 0 Å². The van der Waals surface area contributed by atoms with Crippen LogP contribution >= 0.6 is 0 Å². The van der Waals surface area contributed by atoms with Crippen LogP contribution in [0.5, 0.6) is 0 Å². The van der Waals surface area contributed by atoms with Crippen molar-refractivity contribution in [2.75, 3.05) is 0 Å². The Morgan fingerprint density at radius 3 is 2.14 bits per heavy atom. The third-order valence-electron chi connectivity index (χ3n) is 8.20. The molecule has 0 bridgehead atoms. The first-order valence-corrected chi connectivity index (χ1v) is 10.9. The maximum atomic E-state index is 4.35. The topological polar surface area (TPSA) is 3.88 Å². The van der Waals surface area contributed by atoms with E-state index in [0.29, 0.717) is 0 Å². The molecule has 1 heteroatoms. The molecule has 0 N–H and O–H groups in total. The zero-order chi connectivity index (χ0) is 20.5. The van der Waals surface area contributed by atoms with Crippen LogP contribution in [0.3, 0.4) is 0 Å². The Hall–Kier alpha value is -1.89. The highest BCUT2D eigenvalue weighted by Gasteiger charge is 2.58. The highest BCUT2D eigenvalue weighted by molar-refractivity contribution is 5.70. The molecule has 0 saturated carbocycles. The van der Waals surface area contributed by atoms with Gasteiger partial charge in [0.15, 0.2) is 11.7 Å². The van der Waals surface area contributed by atoms with Gasteiger partial charge in [-0.1, -0.05) is 54.2 Å². The van der Waals surface area contributed by atoms with Gasteiger partial charge in [-0.2, -0.15) is 4.57 Å². The predicted octanol–water partition coefficient (Wildman–Crippen LogP) is 6.57. The molecule has 148 valence electrons. The lowest BCUT2D eigenvalue weighted by Crippen LogP contribution is -2.68. The fourth-order valence-corrected chi connectivity index (χ4v) is 6.72. The zero-order valence-electron chi connectivity index (χ0n) is 18.8. The quantitative estimate of drug-likeness (QED) is 0.422. The van der Waals surface area contributed by atoms with Gasteiger partial charge in [-0.05, 0) is 65.5 Å². The molecule has 0 saturated heterocycles. The van der Waals surface area contributed by atoms with E-state index < -0.39 is 0 Å². The second-order valence-corrected chi connectivity index (χ2v) is 10.5. The highest BCUT2D eigenvalue weighted by atomic mass is 15.1. The predicted molar refractivity (Wildman–Crippen MR) is 119 cm³/mol. The Kier molecular flexibility index (Phi) is 4.03. The van der Waals surface area contributed by atoms with Crippen molar-refractivity contribution in [3.63, 3.8) is 0 Å². The summed E-state index contributed by atoms with van der Waals surface area (Å²) in [4.78, 5) is 0. The monoisotopic (exact) mass is 374 g/mol. The maximum Gasteiger partial charge on any atom is 0.213 e. The normalized spacial score (nSPS) is 29.0. The van der Waals surface area contributed by atoms with Crippen molar-refractivity contribution in [2.45, 2.75) is 89.5 Å². The fourth-order valence-electron chi connectivity index (χ4n) is 6.72. The summed E-state index contributed by atoms with van der Waals surface area (Å²) in [6.07, 6.45) is 7.80. The van der Waals surface area contributed by atoms with Crippen LogP contribution in [-0.2, 0) is 21.8 Å². The Morgan fingerprint density at radius 2 is 1.57 bits per heavy atom. The molecule has 2 unspecified atom stereocenters. The number of pyridine rings is 1. The summed E-state index contributed by atoms with van der Waals surface area (Å²) in [7, 11) is 0. The molecule has 2 aliphatic rings. The van der Waals surface area contributed by atoms with E-state index in [9.17, 15) is 0 Å². The largest absolute Gasteiger partial charge is 0.213 e. The molecule has 0 spiro atoms. The van der Waals surface area contributed by atoms with Gasteiger partial charge in [0.1, 0.15) is 0 Å². The minimum atomic E-state index is -0.113. The summed E-state index contributed by atoms with van der Waals surface area (Å²) in [6, 6.07) is 11.7. The lowest BCUT2D eigenvalue weighted by atomic mass is 9.59. The van der Waals surface area contributed by atoms with E-state index >= 15 is 0 Å². The molecule has 0 radical (unpaired) electrons. The fraction of sp³-hybridized carbons (Fsp3) is 0.519. The number of benzene rings is 1. The average Bonchev–Trinajstić information content (AvgIpc) is 2.85. The molecule has 2 aromatic rings. The number of fused-ring (bicyclic) bond motifs is 4. The summed E-state index contributed by atoms with van der Waals surface area (Å²) in [6.45, 7) is 21.1. The molecule has 1 aliphatic carbocycles. The van der Waals surface area contributed by atoms with Crippen LogP contribution in [0.4, 0.5) is 0 Å². The minimum Gasteiger partial charge on any atom is -0.188 e. The Labute approximate surface area is 171 Å². The first-order valence-electron chi connectivity index (χ1n) is 10.9. The van der Waals surface area contributed by atoms with Crippen LogP contribution in [0.2, 0.25) is 0 Å². The molecule has 4 rings (SSSR count). The van der Waals surface area contributed by atoms with E-state index in [1.54, 1.807) is 5.56 Å². The van der Waals surface area contributed by atoms with Gasteiger partial charge < -0.3 is 0 Å². The van der Waals surface area contributed by atoms with Gasteiger partial charge in [0.05, 0.1) is 11.0 Å². The van der Waals surface area contributed by atoms with Gasteiger partial charge in [0.25, 0.3) is 0 Å². The van der Waals surface area contributed by atoms with Crippen LogP contribution in [0.25, 0.3) is 11.3 Å². The van der Waals surface area contributed by atoms with Gasteiger partial charge in [0, 0.05) is 18.6 Å². The van der Waals surface area contributed by atoms with Crippen molar-refractivity contribution in [1.82, 2.24) is 0 Å². The second kappa shape index (κ2) is 5.81. The molecule has 1 aromatic carbocycles. The van der Waals surface area contributed by atoms with E-state index in [1.165, 1.54) is 28.8 Å². The van der Waals surface area contributed by atoms with Gasteiger partial charge >= 0.3 is 0 Å². The summed E-state index contributed by atoms with van der Waals surface area (Å²) in [5, 5.41) is 0. The smallest absolute Gasteiger partial charge is 0.188 e. The van der Waals surface area contributed by atoms with E-state index in [1.807, 2.05) is 0 Å². The third-order valence-corrected chi connectivity index (χ3v) is 8.20. The van der Waals surface area contributed by atoms with Crippen LogP contribution in [0, 0.1) is 0 Å². The number of hydrogen-bond acceptors (Lipinski definition) is 0. The lowest BCUT2D eigenvalue weighted by molar-refractivity contribution is -0.756. The number of rotatable bonds is 3. The van der Waals surface area contributed by atoms with E-state index in [2.05, 4.69) is 102 Å². The van der Waals surface area contributed by atoms with Gasteiger partial charge in [-0.15, -0.1) is 0 Å². The van der Waals surface area contributed by atoms with Crippen molar-refractivity contribution >= 4 is 0 Å². The highest BCUT2D eigenvalue weighted by Crippen LogP contribution is 2.56. The first-order chi connectivity index (χ1) is 13.1. The lowest BCUT2D eigenvalue weighted by Gasteiger charge is -2.46. The second-order valence-electron chi connectivity index (χ2n) is 10.5. The minimum absolute atomic E-state index is 0.00962. The number of aromatic nitrogens is 1. The van der Waals surface area contributed by atoms with E-state index in [4.69, 9.17) is 0 Å². The molecule has 1 aliphatic heterocycles. The molecule has 1 nitrogen and oxygen atoms in total. The molecule has 2 heterocycles. The summed E-state index contributed by atoms with van der Waals surface area (Å²) >= 11 is 0. The number of hydrogen-bond donors (Lipinski definition) is 0. The SMILES string of the molecule is C=CC1(CC)[n+]2ccccc2-c2cc3c(cc2C1(C)CC)C(C)(C)CC3(C)C. The molecule has 0 fully saturated rings. The van der Waals surface area contributed by atoms with Crippen molar-refractivity contribution in [2.24, 2.45) is 0 Å². The van der Waals surface area contributed by atoms with Crippen molar-refractivity contribution in [3.8, 4) is 11.3 Å². The van der Waals surface area contributed by atoms with Crippen molar-refractivity contribution in [1.29, 1.82) is 0 Å². The number of nitrogens with zero attached hydrogens (tertiary/aromatic N) is 1. The summed E-state index contributed by atoms with van der Waals surface area (Å²) in [5.41, 5.74) is 7.67. The van der Waals surface area contributed by atoms with Crippen LogP contribution < -0.4 is 4.57 Å². The third kappa shape index (κ3) is 2.17. The maximum absolute atomic E-state index is 4.35. The zero-order valence-corrected chi connectivity index (χ0v) is 18.8. The molecule has 28 heavy (non-hydrogen) atoms. The van der Waals surface area contributed by atoms with Crippen molar-refractivity contribution in [3.05, 3.63) is 65.9 Å². The molecular formula is C27H36N+. The molecule has 0 amide bonds. The van der Waals surface area contributed by atoms with Crippen LogP contribution in [0.1, 0.15) is 84.4 Å². The standard InChI is InChI=1S/C27H36N/c1-9-26(8)20-17-22-21(24(4,5)18-25(22,6)7)16-19(20)23-14-12-13-15-28(23)27(26,10-2)11-3/h10,12-17H,2,9,11,18H2,1,3-8H3/q+1. The Morgan fingerprint density at radius 1 is 0.929 bits per heavy atom. The number of allylic oxidation sites excluding steroid dienone is 1. The Balaban J connectivity index is 2.15.